The first-order valence-corrected chi connectivity index (χ1v) is 13.1. The maximum absolute atomic E-state index is 13.8. The number of sulfonamides is 1. The Morgan fingerprint density at radius 2 is 1.94 bits per heavy atom. The maximum atomic E-state index is 13.8. The van der Waals surface area contributed by atoms with Gasteiger partial charge >= 0.3 is 0 Å². The van der Waals surface area contributed by atoms with Gasteiger partial charge in [0.05, 0.1) is 22.9 Å². The van der Waals surface area contributed by atoms with Crippen molar-refractivity contribution in [1.29, 1.82) is 0 Å². The van der Waals surface area contributed by atoms with Gasteiger partial charge in [0.25, 0.3) is 6.43 Å². The second-order valence-electron chi connectivity index (χ2n) is 9.21. The molecule has 14 heteroatoms. The molecule has 1 saturated carbocycles. The second-order valence-corrected chi connectivity index (χ2v) is 11.9. The van der Waals surface area contributed by atoms with E-state index in [1.165, 1.54) is 17.5 Å². The quantitative estimate of drug-likeness (QED) is 0.520. The normalized spacial score (nSPS) is 27.6. The lowest BCUT2D eigenvalue weighted by Gasteiger charge is -2.38. The Labute approximate surface area is 198 Å². The van der Waals surface area contributed by atoms with E-state index in [2.05, 4.69) is 30.1 Å². The van der Waals surface area contributed by atoms with Crippen LogP contribution in [0.5, 0.6) is 0 Å². The number of halogens is 3. The molecule has 1 saturated heterocycles. The van der Waals surface area contributed by atoms with Crippen molar-refractivity contribution in [2.24, 2.45) is 0 Å². The highest BCUT2D eigenvalue weighted by molar-refractivity contribution is 7.89. The fraction of sp³-hybridized carbons (Fsp3) is 0.550. The first kappa shape index (κ1) is 23.5. The highest BCUT2D eigenvalue weighted by atomic mass is 32.2. The van der Waals surface area contributed by atoms with E-state index in [-0.39, 0.29) is 34.2 Å². The third-order valence-electron chi connectivity index (χ3n) is 6.12. The Kier molecular flexibility index (Phi) is 5.61. The molecule has 4 heterocycles. The SMILES string of the molecule is C[C@H]1CN(c2cc(S(=O)(=O)N[C@]3(C)C[C@H]3F)cn3c(-c4nnc(C(F)F)s4)ncc23)C[C@H](C)N1. The number of hydrogen-bond donors (Lipinski definition) is 2. The fourth-order valence-electron chi connectivity index (χ4n) is 4.33. The molecular weight excluding hydrogens is 491 g/mol. The van der Waals surface area contributed by atoms with Gasteiger partial charge in [-0.15, -0.1) is 10.2 Å². The van der Waals surface area contributed by atoms with Gasteiger partial charge in [-0.2, -0.15) is 0 Å². The third kappa shape index (κ3) is 4.16. The Balaban J connectivity index is 1.66. The molecule has 0 spiro atoms. The van der Waals surface area contributed by atoms with Crippen molar-refractivity contribution in [1.82, 2.24) is 29.6 Å². The average molecular weight is 516 g/mol. The molecule has 0 bridgehead atoms. The number of nitrogens with one attached hydrogen (secondary N) is 2. The smallest absolute Gasteiger partial charge is 0.291 e. The van der Waals surface area contributed by atoms with Gasteiger partial charge in [-0.25, -0.2) is 31.3 Å². The van der Waals surface area contributed by atoms with Crippen LogP contribution in [0.4, 0.5) is 18.9 Å². The van der Waals surface area contributed by atoms with Crippen LogP contribution in [-0.2, 0) is 10.0 Å². The van der Waals surface area contributed by atoms with Crippen molar-refractivity contribution in [2.45, 2.75) is 62.3 Å². The summed E-state index contributed by atoms with van der Waals surface area (Å²) in [7, 11) is -4.09. The molecule has 3 aromatic heterocycles. The van der Waals surface area contributed by atoms with Crippen molar-refractivity contribution >= 4 is 32.6 Å². The summed E-state index contributed by atoms with van der Waals surface area (Å²) in [5.74, 6) is 0.204. The number of imidazole rings is 1. The average Bonchev–Trinajstić information content (AvgIpc) is 3.15. The minimum Gasteiger partial charge on any atom is -0.367 e. The molecule has 34 heavy (non-hydrogen) atoms. The summed E-state index contributed by atoms with van der Waals surface area (Å²) in [6.45, 7) is 6.83. The number of aromatic nitrogens is 4. The largest absolute Gasteiger partial charge is 0.367 e. The minimum absolute atomic E-state index is 0.0768. The van der Waals surface area contributed by atoms with Crippen molar-refractivity contribution < 1.29 is 21.6 Å². The van der Waals surface area contributed by atoms with E-state index >= 15 is 0 Å². The molecule has 1 aliphatic heterocycles. The first-order chi connectivity index (χ1) is 16.0. The summed E-state index contributed by atoms with van der Waals surface area (Å²) in [6.07, 6.45) is -0.995. The topological polar surface area (TPSA) is 105 Å². The zero-order valence-electron chi connectivity index (χ0n) is 18.7. The Morgan fingerprint density at radius 3 is 2.53 bits per heavy atom. The summed E-state index contributed by atoms with van der Waals surface area (Å²) >= 11 is 0.696. The number of nitrogens with zero attached hydrogens (tertiary/aromatic N) is 5. The summed E-state index contributed by atoms with van der Waals surface area (Å²) in [5.41, 5.74) is 0.0815. The van der Waals surface area contributed by atoms with Crippen LogP contribution in [0, 0.1) is 0 Å². The highest BCUT2D eigenvalue weighted by Crippen LogP contribution is 2.40. The van der Waals surface area contributed by atoms with Gasteiger partial charge in [0.1, 0.15) is 11.1 Å². The predicted molar refractivity (Wildman–Crippen MR) is 122 cm³/mol. The molecule has 2 N–H and O–H groups in total. The third-order valence-corrected chi connectivity index (χ3v) is 8.63. The predicted octanol–water partition coefficient (Wildman–Crippen LogP) is 2.76. The number of pyridine rings is 1. The molecule has 2 aliphatic rings. The van der Waals surface area contributed by atoms with Crippen molar-refractivity contribution in [3.8, 4) is 10.8 Å². The lowest BCUT2D eigenvalue weighted by atomic mass is 10.1. The number of alkyl halides is 3. The fourth-order valence-corrected chi connectivity index (χ4v) is 6.48. The standard InChI is InChI=1S/C20H24F3N7O2S2/c1-10-7-29(8-11(2)25-10)13-4-12(34(31,32)28-20(3)5-15(20)21)9-30-14(13)6-24-17(30)19-27-26-18(33-19)16(22)23/h4,6,9-11,15-16,25,28H,5,7-8H2,1-3H3/t10-,11-,15+,20+/m0/s1. The van der Waals surface area contributed by atoms with Gasteiger partial charge in [0.2, 0.25) is 10.0 Å². The minimum atomic E-state index is -4.09. The van der Waals surface area contributed by atoms with Gasteiger partial charge in [0, 0.05) is 37.8 Å². The summed E-state index contributed by atoms with van der Waals surface area (Å²) in [4.78, 5) is 6.35. The van der Waals surface area contributed by atoms with Crippen LogP contribution in [0.15, 0.2) is 23.4 Å². The van der Waals surface area contributed by atoms with Crippen LogP contribution in [0.25, 0.3) is 16.3 Å². The van der Waals surface area contributed by atoms with E-state index < -0.39 is 33.2 Å². The maximum Gasteiger partial charge on any atom is 0.291 e. The highest BCUT2D eigenvalue weighted by Gasteiger charge is 2.53. The number of anilines is 1. The number of fused-ring (bicyclic) bond motifs is 1. The van der Waals surface area contributed by atoms with Crippen LogP contribution >= 0.6 is 11.3 Å². The zero-order valence-corrected chi connectivity index (χ0v) is 20.3. The van der Waals surface area contributed by atoms with E-state index in [1.807, 2.05) is 13.8 Å². The number of rotatable bonds is 6. The van der Waals surface area contributed by atoms with Crippen LogP contribution in [0.2, 0.25) is 0 Å². The number of piperazine rings is 1. The van der Waals surface area contributed by atoms with E-state index in [0.29, 0.717) is 35.6 Å². The monoisotopic (exact) mass is 515 g/mol. The van der Waals surface area contributed by atoms with Crippen LogP contribution < -0.4 is 14.9 Å². The Bertz CT molecular complexity index is 1340. The summed E-state index contributed by atoms with van der Waals surface area (Å²) < 4.78 is 70.4. The molecule has 0 amide bonds. The number of hydrogen-bond acceptors (Lipinski definition) is 8. The second kappa shape index (κ2) is 8.14. The molecule has 0 unspecified atom stereocenters. The van der Waals surface area contributed by atoms with E-state index in [9.17, 15) is 21.6 Å². The van der Waals surface area contributed by atoms with Crippen LogP contribution in [0.3, 0.4) is 0 Å². The van der Waals surface area contributed by atoms with Gasteiger partial charge in [-0.05, 0) is 26.8 Å². The van der Waals surface area contributed by atoms with E-state index in [4.69, 9.17) is 0 Å². The Hall–Kier alpha value is -2.29. The van der Waals surface area contributed by atoms with E-state index in [1.54, 1.807) is 12.3 Å². The first-order valence-electron chi connectivity index (χ1n) is 10.8. The van der Waals surface area contributed by atoms with Crippen LogP contribution in [0.1, 0.15) is 38.6 Å². The van der Waals surface area contributed by atoms with E-state index in [0.717, 1.165) is 0 Å². The van der Waals surface area contributed by atoms with Gasteiger partial charge in [0.15, 0.2) is 15.8 Å². The molecule has 1 aliphatic carbocycles. The molecule has 3 aromatic rings. The molecule has 0 aromatic carbocycles. The zero-order chi connectivity index (χ0) is 24.4. The van der Waals surface area contributed by atoms with Crippen molar-refractivity contribution in [3.05, 3.63) is 23.5 Å². The molecule has 0 radical (unpaired) electrons. The summed E-state index contributed by atoms with van der Waals surface area (Å²) in [5, 5.41) is 10.5. The molecule has 2 fully saturated rings. The molecular formula is C20H24F3N7O2S2. The van der Waals surface area contributed by atoms with Crippen molar-refractivity contribution in [3.63, 3.8) is 0 Å². The Morgan fingerprint density at radius 1 is 1.26 bits per heavy atom. The molecule has 184 valence electrons. The van der Waals surface area contributed by atoms with Gasteiger partial charge in [-0.1, -0.05) is 11.3 Å². The molecule has 9 nitrogen and oxygen atoms in total. The lowest BCUT2D eigenvalue weighted by molar-refractivity contribution is 0.150. The lowest BCUT2D eigenvalue weighted by Crippen LogP contribution is -2.54. The van der Waals surface area contributed by atoms with Gasteiger partial charge in [-0.3, -0.25) is 4.40 Å². The van der Waals surface area contributed by atoms with Crippen LogP contribution in [-0.4, -0.2) is 64.9 Å². The molecule has 5 rings (SSSR count). The summed E-state index contributed by atoms with van der Waals surface area (Å²) in [6, 6.07) is 1.86. The van der Waals surface area contributed by atoms with Crippen molar-refractivity contribution in [2.75, 3.05) is 18.0 Å². The molecule has 4 atom stereocenters. The van der Waals surface area contributed by atoms with Gasteiger partial charge < -0.3 is 10.2 Å².